The molecule has 0 aliphatic heterocycles. The molecule has 1 aliphatic carbocycles. The Kier molecular flexibility index (Phi) is 4.07. The summed E-state index contributed by atoms with van der Waals surface area (Å²) in [5, 5.41) is 1.68. The van der Waals surface area contributed by atoms with Gasteiger partial charge in [0.05, 0.1) is 10.8 Å². The van der Waals surface area contributed by atoms with E-state index >= 15 is 0 Å². The normalized spacial score (nSPS) is 14.5. The summed E-state index contributed by atoms with van der Waals surface area (Å²) in [6.45, 7) is 1.96. The Hall–Kier alpha value is -2.20. The molecular weight excluding hydrogens is 316 g/mol. The van der Waals surface area contributed by atoms with Crippen LogP contribution in [-0.2, 0) is 12.8 Å². The van der Waals surface area contributed by atoms with E-state index in [0.717, 1.165) is 34.3 Å². The van der Waals surface area contributed by atoms with Crippen molar-refractivity contribution in [3.63, 3.8) is 0 Å². The second-order valence-corrected chi connectivity index (χ2v) is 7.49. The quantitative estimate of drug-likeness (QED) is 0.401. The second kappa shape index (κ2) is 6.36. The molecule has 0 unspecified atom stereocenters. The molecule has 0 radical (unpaired) electrons. The SMILES string of the molecule is C[C@@H](Sc1ncnc2ccccc12)C(=O)c1ccc2c(c1)CCC2. The number of aromatic nitrogens is 2. The number of nitrogens with zero attached hydrogens (tertiary/aromatic N) is 2. The van der Waals surface area contributed by atoms with Gasteiger partial charge in [0.1, 0.15) is 11.4 Å². The van der Waals surface area contributed by atoms with Gasteiger partial charge >= 0.3 is 0 Å². The average molecular weight is 334 g/mol. The Bertz CT molecular complexity index is 917. The first kappa shape index (κ1) is 15.3. The van der Waals surface area contributed by atoms with Gasteiger partial charge in [-0.1, -0.05) is 42.1 Å². The van der Waals surface area contributed by atoms with Crippen LogP contribution in [0.25, 0.3) is 10.9 Å². The highest BCUT2D eigenvalue weighted by molar-refractivity contribution is 8.00. The Morgan fingerprint density at radius 2 is 1.92 bits per heavy atom. The van der Waals surface area contributed by atoms with Crippen molar-refractivity contribution >= 4 is 28.4 Å². The van der Waals surface area contributed by atoms with E-state index in [-0.39, 0.29) is 11.0 Å². The lowest BCUT2D eigenvalue weighted by atomic mass is 10.0. The zero-order valence-electron chi connectivity index (χ0n) is 13.5. The van der Waals surface area contributed by atoms with E-state index in [9.17, 15) is 4.79 Å². The first-order valence-corrected chi connectivity index (χ1v) is 9.13. The van der Waals surface area contributed by atoms with Gasteiger partial charge in [-0.2, -0.15) is 0 Å². The van der Waals surface area contributed by atoms with Crippen molar-refractivity contribution < 1.29 is 4.79 Å². The molecule has 3 nitrogen and oxygen atoms in total. The van der Waals surface area contributed by atoms with E-state index < -0.39 is 0 Å². The Morgan fingerprint density at radius 1 is 1.08 bits per heavy atom. The minimum atomic E-state index is -0.178. The number of hydrogen-bond acceptors (Lipinski definition) is 4. The molecule has 1 aliphatic rings. The minimum Gasteiger partial charge on any atom is -0.293 e. The van der Waals surface area contributed by atoms with Crippen LogP contribution in [0.1, 0.15) is 34.8 Å². The number of aryl methyl sites for hydroxylation is 2. The van der Waals surface area contributed by atoms with Crippen molar-refractivity contribution in [1.82, 2.24) is 9.97 Å². The van der Waals surface area contributed by atoms with Crippen LogP contribution in [0.4, 0.5) is 0 Å². The van der Waals surface area contributed by atoms with Gasteiger partial charge in [-0.15, -0.1) is 0 Å². The monoisotopic (exact) mass is 334 g/mol. The molecule has 4 rings (SSSR count). The van der Waals surface area contributed by atoms with Gasteiger partial charge < -0.3 is 0 Å². The zero-order valence-corrected chi connectivity index (χ0v) is 14.3. The molecule has 2 aromatic carbocycles. The van der Waals surface area contributed by atoms with Crippen LogP contribution in [0.3, 0.4) is 0 Å². The first-order chi connectivity index (χ1) is 11.7. The highest BCUT2D eigenvalue weighted by atomic mass is 32.2. The number of benzene rings is 2. The highest BCUT2D eigenvalue weighted by Gasteiger charge is 2.20. The largest absolute Gasteiger partial charge is 0.293 e. The summed E-state index contributed by atoms with van der Waals surface area (Å²) < 4.78 is 0. The predicted molar refractivity (Wildman–Crippen MR) is 97.7 cm³/mol. The molecule has 24 heavy (non-hydrogen) atoms. The van der Waals surface area contributed by atoms with E-state index in [0.29, 0.717) is 0 Å². The molecule has 3 aromatic rings. The summed E-state index contributed by atoms with van der Waals surface area (Å²) in [5.41, 5.74) is 4.46. The maximum atomic E-state index is 12.8. The molecule has 120 valence electrons. The van der Waals surface area contributed by atoms with Crippen LogP contribution < -0.4 is 0 Å². The molecule has 1 atom stereocenters. The lowest BCUT2D eigenvalue weighted by Gasteiger charge is -2.12. The number of Topliss-reactive ketones (excluding diaryl/α,β-unsaturated/α-hetero) is 1. The molecule has 0 fully saturated rings. The number of para-hydroxylation sites is 1. The van der Waals surface area contributed by atoms with Crippen LogP contribution in [-0.4, -0.2) is 21.0 Å². The molecule has 0 amide bonds. The molecule has 0 bridgehead atoms. The molecule has 0 spiro atoms. The average Bonchev–Trinajstić information content (AvgIpc) is 3.09. The van der Waals surface area contributed by atoms with Crippen molar-refractivity contribution in [3.05, 3.63) is 65.5 Å². The number of carbonyl (C=O) groups is 1. The number of thioether (sulfide) groups is 1. The lowest BCUT2D eigenvalue weighted by Crippen LogP contribution is -2.14. The van der Waals surface area contributed by atoms with Gasteiger partial charge in [0.2, 0.25) is 0 Å². The van der Waals surface area contributed by atoms with Crippen LogP contribution in [0.5, 0.6) is 0 Å². The predicted octanol–water partition coefficient (Wildman–Crippen LogP) is 4.48. The number of hydrogen-bond donors (Lipinski definition) is 0. The summed E-state index contributed by atoms with van der Waals surface area (Å²) in [7, 11) is 0. The molecule has 0 N–H and O–H groups in total. The van der Waals surface area contributed by atoms with Crippen molar-refractivity contribution in [2.24, 2.45) is 0 Å². The third-order valence-corrected chi connectivity index (χ3v) is 5.66. The second-order valence-electron chi connectivity index (χ2n) is 6.16. The van der Waals surface area contributed by atoms with Gasteiger partial charge in [-0.3, -0.25) is 4.79 Å². The Labute approximate surface area is 145 Å². The van der Waals surface area contributed by atoms with Crippen LogP contribution in [0, 0.1) is 0 Å². The van der Waals surface area contributed by atoms with Crippen LogP contribution >= 0.6 is 11.8 Å². The topological polar surface area (TPSA) is 42.9 Å². The van der Waals surface area contributed by atoms with Gasteiger partial charge in [0.25, 0.3) is 0 Å². The standard InChI is InChI=1S/C20H18N2OS/c1-13(19(23)16-10-9-14-5-4-6-15(14)11-16)24-20-17-7-2-3-8-18(17)21-12-22-20/h2-3,7-13H,4-6H2,1H3/t13-/m1/s1. The number of carbonyl (C=O) groups excluding carboxylic acids is 1. The van der Waals surface area contributed by atoms with Gasteiger partial charge in [0.15, 0.2) is 5.78 Å². The minimum absolute atomic E-state index is 0.164. The third-order valence-electron chi connectivity index (χ3n) is 4.55. The van der Waals surface area contributed by atoms with E-state index in [1.165, 1.54) is 29.3 Å². The Balaban J connectivity index is 1.59. The highest BCUT2D eigenvalue weighted by Crippen LogP contribution is 2.30. The fraction of sp³-hybridized carbons (Fsp3) is 0.250. The lowest BCUT2D eigenvalue weighted by molar-refractivity contribution is 0.0994. The van der Waals surface area contributed by atoms with E-state index in [4.69, 9.17) is 0 Å². The molecular formula is C20H18N2OS. The van der Waals surface area contributed by atoms with E-state index in [1.54, 1.807) is 6.33 Å². The van der Waals surface area contributed by atoms with Gasteiger partial charge in [-0.05, 0) is 49.4 Å². The zero-order chi connectivity index (χ0) is 16.5. The smallest absolute Gasteiger partial charge is 0.175 e. The number of fused-ring (bicyclic) bond motifs is 2. The number of ketones is 1. The summed E-state index contributed by atoms with van der Waals surface area (Å²) >= 11 is 1.51. The molecule has 1 heterocycles. The van der Waals surface area contributed by atoms with E-state index in [2.05, 4.69) is 22.1 Å². The summed E-state index contributed by atoms with van der Waals surface area (Å²) in [4.78, 5) is 21.5. The Morgan fingerprint density at radius 3 is 2.83 bits per heavy atom. The maximum Gasteiger partial charge on any atom is 0.175 e. The van der Waals surface area contributed by atoms with Gasteiger partial charge in [-0.25, -0.2) is 9.97 Å². The maximum absolute atomic E-state index is 12.8. The molecule has 0 saturated carbocycles. The summed E-state index contributed by atoms with van der Waals surface area (Å²) in [6.07, 6.45) is 5.00. The molecule has 4 heteroatoms. The van der Waals surface area contributed by atoms with Crippen LogP contribution in [0.2, 0.25) is 0 Å². The first-order valence-electron chi connectivity index (χ1n) is 8.25. The van der Waals surface area contributed by atoms with Crippen molar-refractivity contribution in [2.45, 2.75) is 36.5 Å². The van der Waals surface area contributed by atoms with E-state index in [1.807, 2.05) is 37.3 Å². The fourth-order valence-corrected chi connectivity index (χ4v) is 4.24. The third kappa shape index (κ3) is 2.82. The van der Waals surface area contributed by atoms with Crippen molar-refractivity contribution in [2.75, 3.05) is 0 Å². The van der Waals surface area contributed by atoms with Crippen molar-refractivity contribution in [1.29, 1.82) is 0 Å². The summed E-state index contributed by atoms with van der Waals surface area (Å²) in [6, 6.07) is 14.1. The molecule has 0 saturated heterocycles. The summed E-state index contributed by atoms with van der Waals surface area (Å²) in [5.74, 6) is 0.164. The fourth-order valence-electron chi connectivity index (χ4n) is 3.25. The number of rotatable bonds is 4. The van der Waals surface area contributed by atoms with Crippen molar-refractivity contribution in [3.8, 4) is 0 Å². The van der Waals surface area contributed by atoms with Crippen LogP contribution in [0.15, 0.2) is 53.8 Å². The van der Waals surface area contributed by atoms with Gasteiger partial charge in [0, 0.05) is 10.9 Å². The molecule has 1 aromatic heterocycles.